The fourth-order valence-electron chi connectivity index (χ4n) is 3.45. The second kappa shape index (κ2) is 10.3. The number of carbonyl (C=O) groups excluding carboxylic acids is 2. The van der Waals surface area contributed by atoms with Crippen LogP contribution in [0.15, 0.2) is 54.6 Å². The SMILES string of the molecule is COC(=O)CCN(Cc1ccccc1)C(=O)Cc1c(C)nn(-c2ccc(Cl)cc2)c1C. The van der Waals surface area contributed by atoms with E-state index in [4.69, 9.17) is 16.3 Å². The Bertz CT molecular complexity index is 1050. The number of nitrogens with zero attached hydrogens (tertiary/aromatic N) is 3. The summed E-state index contributed by atoms with van der Waals surface area (Å²) in [5, 5.41) is 5.28. The van der Waals surface area contributed by atoms with Gasteiger partial charge in [0.2, 0.25) is 5.91 Å². The van der Waals surface area contributed by atoms with E-state index in [1.165, 1.54) is 7.11 Å². The number of aryl methyl sites for hydroxylation is 1. The molecule has 0 aliphatic heterocycles. The zero-order valence-corrected chi connectivity index (χ0v) is 18.7. The molecular formula is C24H26ClN3O3. The van der Waals surface area contributed by atoms with Gasteiger partial charge in [0.25, 0.3) is 0 Å². The second-order valence-electron chi connectivity index (χ2n) is 7.34. The van der Waals surface area contributed by atoms with Crippen LogP contribution in [0.4, 0.5) is 0 Å². The zero-order chi connectivity index (χ0) is 22.4. The van der Waals surface area contributed by atoms with Gasteiger partial charge in [-0.3, -0.25) is 9.59 Å². The first kappa shape index (κ1) is 22.6. The molecule has 0 fully saturated rings. The number of carbonyl (C=O) groups is 2. The Morgan fingerprint density at radius 2 is 1.74 bits per heavy atom. The Morgan fingerprint density at radius 3 is 2.39 bits per heavy atom. The molecule has 0 spiro atoms. The molecule has 0 saturated carbocycles. The van der Waals surface area contributed by atoms with E-state index in [1.54, 1.807) is 4.90 Å². The van der Waals surface area contributed by atoms with Gasteiger partial charge in [-0.1, -0.05) is 41.9 Å². The Morgan fingerprint density at radius 1 is 1.06 bits per heavy atom. The van der Waals surface area contributed by atoms with E-state index in [2.05, 4.69) is 5.10 Å². The van der Waals surface area contributed by atoms with Gasteiger partial charge in [0.1, 0.15) is 0 Å². The molecule has 0 radical (unpaired) electrons. The highest BCUT2D eigenvalue weighted by Gasteiger charge is 2.21. The molecule has 3 aromatic rings. The number of rotatable bonds is 8. The average molecular weight is 440 g/mol. The van der Waals surface area contributed by atoms with Gasteiger partial charge in [-0.05, 0) is 43.7 Å². The first-order chi connectivity index (χ1) is 14.9. The highest BCUT2D eigenvalue weighted by molar-refractivity contribution is 6.30. The van der Waals surface area contributed by atoms with Crippen LogP contribution in [0.3, 0.4) is 0 Å². The molecule has 0 atom stereocenters. The zero-order valence-electron chi connectivity index (χ0n) is 18.0. The maximum atomic E-state index is 13.2. The van der Waals surface area contributed by atoms with Crippen LogP contribution in [0.5, 0.6) is 0 Å². The lowest BCUT2D eigenvalue weighted by Gasteiger charge is -2.22. The van der Waals surface area contributed by atoms with E-state index in [-0.39, 0.29) is 24.7 Å². The summed E-state index contributed by atoms with van der Waals surface area (Å²) in [5.74, 6) is -0.400. The van der Waals surface area contributed by atoms with E-state index >= 15 is 0 Å². The summed E-state index contributed by atoms with van der Waals surface area (Å²) >= 11 is 6.00. The van der Waals surface area contributed by atoms with Gasteiger partial charge in [0, 0.05) is 29.4 Å². The van der Waals surface area contributed by atoms with Crippen molar-refractivity contribution in [1.82, 2.24) is 14.7 Å². The van der Waals surface area contributed by atoms with Crippen molar-refractivity contribution in [2.75, 3.05) is 13.7 Å². The number of hydrogen-bond acceptors (Lipinski definition) is 4. The number of esters is 1. The third-order valence-corrected chi connectivity index (χ3v) is 5.47. The molecule has 3 rings (SSSR count). The number of amides is 1. The van der Waals surface area contributed by atoms with Crippen LogP contribution in [0, 0.1) is 13.8 Å². The lowest BCUT2D eigenvalue weighted by molar-refractivity contribution is -0.141. The van der Waals surface area contributed by atoms with Crippen molar-refractivity contribution < 1.29 is 14.3 Å². The quantitative estimate of drug-likeness (QED) is 0.491. The first-order valence-electron chi connectivity index (χ1n) is 10.1. The molecule has 1 aromatic heterocycles. The van der Waals surface area contributed by atoms with E-state index in [9.17, 15) is 9.59 Å². The standard InChI is InChI=1S/C24H26ClN3O3/c1-17-22(18(2)28(26-17)21-11-9-20(25)10-12-21)15-23(29)27(14-13-24(30)31-3)16-19-7-5-4-6-8-19/h4-12H,13-16H2,1-3H3. The molecule has 162 valence electrons. The second-order valence-corrected chi connectivity index (χ2v) is 7.78. The number of hydrogen-bond donors (Lipinski definition) is 0. The van der Waals surface area contributed by atoms with E-state index < -0.39 is 0 Å². The van der Waals surface area contributed by atoms with Gasteiger partial charge in [-0.25, -0.2) is 4.68 Å². The predicted molar refractivity (Wildman–Crippen MR) is 120 cm³/mol. The number of methoxy groups -OCH3 is 1. The minimum atomic E-state index is -0.339. The van der Waals surface area contributed by atoms with Crippen LogP contribution in [0.25, 0.3) is 5.69 Å². The molecule has 0 bridgehead atoms. The van der Waals surface area contributed by atoms with Gasteiger partial charge in [0.05, 0.1) is 31.3 Å². The van der Waals surface area contributed by atoms with Crippen LogP contribution in [0.2, 0.25) is 5.02 Å². The van der Waals surface area contributed by atoms with Gasteiger partial charge in [0.15, 0.2) is 0 Å². The molecule has 0 saturated heterocycles. The van der Waals surface area contributed by atoms with Crippen molar-refractivity contribution in [3.05, 3.63) is 82.1 Å². The molecule has 1 amide bonds. The topological polar surface area (TPSA) is 64.4 Å². The summed E-state index contributed by atoms with van der Waals surface area (Å²) in [6.45, 7) is 4.58. The fraction of sp³-hybridized carbons (Fsp3) is 0.292. The lowest BCUT2D eigenvalue weighted by atomic mass is 10.1. The minimum absolute atomic E-state index is 0.0605. The van der Waals surface area contributed by atoms with Crippen LogP contribution in [-0.4, -0.2) is 40.2 Å². The third kappa shape index (κ3) is 5.73. The number of halogens is 1. The van der Waals surface area contributed by atoms with Crippen LogP contribution in [-0.2, 0) is 27.3 Å². The Hall–Kier alpha value is -3.12. The summed E-state index contributed by atoms with van der Waals surface area (Å²) in [6, 6.07) is 17.1. The summed E-state index contributed by atoms with van der Waals surface area (Å²) in [7, 11) is 1.35. The molecule has 0 aliphatic carbocycles. The summed E-state index contributed by atoms with van der Waals surface area (Å²) in [6.07, 6.45) is 0.357. The Balaban J connectivity index is 1.81. The molecular weight excluding hydrogens is 414 g/mol. The highest BCUT2D eigenvalue weighted by Crippen LogP contribution is 2.21. The predicted octanol–water partition coefficient (Wildman–Crippen LogP) is 4.28. The van der Waals surface area contributed by atoms with Gasteiger partial charge in [-0.2, -0.15) is 5.10 Å². The van der Waals surface area contributed by atoms with Crippen molar-refractivity contribution in [2.24, 2.45) is 0 Å². The van der Waals surface area contributed by atoms with Crippen LogP contribution in [0.1, 0.15) is 28.9 Å². The summed E-state index contributed by atoms with van der Waals surface area (Å²) in [5.41, 5.74) is 4.48. The summed E-state index contributed by atoms with van der Waals surface area (Å²) < 4.78 is 6.57. The molecule has 0 N–H and O–H groups in total. The molecule has 2 aromatic carbocycles. The third-order valence-electron chi connectivity index (χ3n) is 5.22. The molecule has 0 unspecified atom stereocenters. The normalized spacial score (nSPS) is 10.7. The van der Waals surface area contributed by atoms with Crippen LogP contribution >= 0.6 is 11.6 Å². The minimum Gasteiger partial charge on any atom is -0.469 e. The molecule has 7 heteroatoms. The molecule has 1 heterocycles. The van der Waals surface area contributed by atoms with Gasteiger partial charge in [-0.15, -0.1) is 0 Å². The van der Waals surface area contributed by atoms with E-state index in [1.807, 2.05) is 73.1 Å². The molecule has 0 aliphatic rings. The van der Waals surface area contributed by atoms with Crippen molar-refractivity contribution in [1.29, 1.82) is 0 Å². The van der Waals surface area contributed by atoms with E-state index in [0.29, 0.717) is 18.1 Å². The molecule has 6 nitrogen and oxygen atoms in total. The van der Waals surface area contributed by atoms with Crippen LogP contribution < -0.4 is 0 Å². The lowest BCUT2D eigenvalue weighted by Crippen LogP contribution is -2.34. The van der Waals surface area contributed by atoms with Crippen molar-refractivity contribution in [3.63, 3.8) is 0 Å². The van der Waals surface area contributed by atoms with Gasteiger partial charge >= 0.3 is 5.97 Å². The fourth-order valence-corrected chi connectivity index (χ4v) is 3.58. The largest absolute Gasteiger partial charge is 0.469 e. The number of aromatic nitrogens is 2. The average Bonchev–Trinajstić information content (AvgIpc) is 3.05. The van der Waals surface area contributed by atoms with Gasteiger partial charge < -0.3 is 9.64 Å². The highest BCUT2D eigenvalue weighted by atomic mass is 35.5. The Kier molecular flexibility index (Phi) is 7.47. The molecule has 31 heavy (non-hydrogen) atoms. The van der Waals surface area contributed by atoms with Crippen molar-refractivity contribution in [3.8, 4) is 5.69 Å². The maximum Gasteiger partial charge on any atom is 0.307 e. The monoisotopic (exact) mass is 439 g/mol. The smallest absolute Gasteiger partial charge is 0.307 e. The van der Waals surface area contributed by atoms with Crippen molar-refractivity contribution in [2.45, 2.75) is 33.2 Å². The van der Waals surface area contributed by atoms with Crippen molar-refractivity contribution >= 4 is 23.5 Å². The number of ether oxygens (including phenoxy) is 1. The van der Waals surface area contributed by atoms with E-state index in [0.717, 1.165) is 28.2 Å². The Labute approximate surface area is 187 Å². The number of benzene rings is 2. The first-order valence-corrected chi connectivity index (χ1v) is 10.5. The summed E-state index contributed by atoms with van der Waals surface area (Å²) in [4.78, 5) is 26.6. The maximum absolute atomic E-state index is 13.2.